The topological polar surface area (TPSA) is 39.6 Å². The number of aromatic amines is 1. The predicted octanol–water partition coefficient (Wildman–Crippen LogP) is 3.22. The van der Waals surface area contributed by atoms with Crippen LogP contribution >= 0.6 is 24.0 Å². The monoisotopic (exact) mass is 250 g/mol. The van der Waals surface area contributed by atoms with Crippen LogP contribution in [0, 0.1) is 11.3 Å². The molecule has 1 aliphatic carbocycles. The average Bonchev–Trinajstić information content (AvgIpc) is 2.73. The molecule has 84 valence electrons. The first kappa shape index (κ1) is 11.7. The van der Waals surface area contributed by atoms with Gasteiger partial charge >= 0.3 is 0 Å². The fraction of sp³-hybridized carbons (Fsp3) is 0.500. The predicted molar refractivity (Wildman–Crippen MR) is 71.8 cm³/mol. The number of nitrogens with one attached hydrogen (secondary N) is 1. The van der Waals surface area contributed by atoms with Crippen molar-refractivity contribution in [2.45, 2.75) is 32.1 Å². The van der Waals surface area contributed by atoms with Crippen molar-refractivity contribution in [3.05, 3.63) is 23.0 Å². The van der Waals surface area contributed by atoms with E-state index in [4.69, 9.17) is 17.5 Å². The van der Waals surface area contributed by atoms with Crippen LogP contribution in [-0.4, -0.2) is 14.9 Å². The Morgan fingerprint density at radius 2 is 2.31 bits per heavy atom. The van der Waals surface area contributed by atoms with Crippen molar-refractivity contribution in [3.63, 3.8) is 0 Å². The van der Waals surface area contributed by atoms with Crippen LogP contribution in [0.15, 0.2) is 6.07 Å². The van der Waals surface area contributed by atoms with Crippen LogP contribution in [0.25, 0.3) is 0 Å². The summed E-state index contributed by atoms with van der Waals surface area (Å²) in [4.78, 5) is 3.42. The van der Waals surface area contributed by atoms with E-state index in [2.05, 4.69) is 17.1 Å². The van der Waals surface area contributed by atoms with E-state index in [9.17, 15) is 0 Å². The fourth-order valence-electron chi connectivity index (χ4n) is 1.98. The van der Waals surface area contributed by atoms with Crippen LogP contribution in [0.5, 0.6) is 0 Å². The molecular weight excluding hydrogens is 236 g/mol. The molecule has 0 spiro atoms. The molecule has 2 rings (SSSR count). The first-order valence-corrected chi connectivity index (χ1v) is 6.95. The van der Waals surface area contributed by atoms with Crippen molar-refractivity contribution < 1.29 is 0 Å². The summed E-state index contributed by atoms with van der Waals surface area (Å²) in [5.74, 6) is 0.791. The Bertz CT molecular complexity index is 405. The Morgan fingerprint density at radius 1 is 1.50 bits per heavy atom. The van der Waals surface area contributed by atoms with Crippen LogP contribution in [0.2, 0.25) is 0 Å². The molecule has 1 aromatic heterocycles. The highest BCUT2D eigenvalue weighted by Gasteiger charge is 2.14. The standard InChI is InChI=1S/C12H14N2S2/c13-6-3-7-16-12(15)11-8-9-4-1-2-5-10(9)14-11/h8,14H,1-5,7H2. The average molecular weight is 250 g/mol. The minimum atomic E-state index is 0.561. The Morgan fingerprint density at radius 3 is 3.06 bits per heavy atom. The molecule has 1 aromatic rings. The summed E-state index contributed by atoms with van der Waals surface area (Å²) < 4.78 is 0.893. The van der Waals surface area contributed by atoms with Crippen LogP contribution < -0.4 is 0 Å². The van der Waals surface area contributed by atoms with E-state index in [0.717, 1.165) is 22.1 Å². The van der Waals surface area contributed by atoms with Gasteiger partial charge in [0, 0.05) is 17.9 Å². The molecule has 0 atom stereocenters. The summed E-state index contributed by atoms with van der Waals surface area (Å²) in [6, 6.07) is 4.32. The van der Waals surface area contributed by atoms with Crippen molar-refractivity contribution in [2.24, 2.45) is 0 Å². The van der Waals surface area contributed by atoms with Crippen molar-refractivity contribution in [1.82, 2.24) is 4.98 Å². The number of thioether (sulfide) groups is 1. The quantitative estimate of drug-likeness (QED) is 0.661. The molecule has 16 heavy (non-hydrogen) atoms. The summed E-state index contributed by atoms with van der Waals surface area (Å²) in [5, 5.41) is 8.47. The van der Waals surface area contributed by atoms with Crippen molar-refractivity contribution >= 4 is 28.2 Å². The van der Waals surface area contributed by atoms with E-state index in [0.29, 0.717) is 6.42 Å². The molecular formula is C12H14N2S2. The molecule has 4 heteroatoms. The minimum Gasteiger partial charge on any atom is -0.357 e. The second-order valence-corrected chi connectivity index (χ2v) is 5.71. The number of nitriles is 1. The van der Waals surface area contributed by atoms with Crippen LogP contribution in [0.3, 0.4) is 0 Å². The molecule has 0 aliphatic heterocycles. The molecule has 2 nitrogen and oxygen atoms in total. The van der Waals surface area contributed by atoms with Gasteiger partial charge in [0.15, 0.2) is 0 Å². The number of hydrogen-bond acceptors (Lipinski definition) is 3. The Kier molecular flexibility index (Phi) is 4.03. The van der Waals surface area contributed by atoms with Gasteiger partial charge in [-0.2, -0.15) is 5.26 Å². The Balaban J connectivity index is 2.01. The summed E-state index contributed by atoms with van der Waals surface area (Å²) in [6.45, 7) is 0. The number of fused-ring (bicyclic) bond motifs is 1. The van der Waals surface area contributed by atoms with Crippen molar-refractivity contribution in [3.8, 4) is 6.07 Å². The number of nitrogens with zero attached hydrogens (tertiary/aromatic N) is 1. The zero-order valence-electron chi connectivity index (χ0n) is 9.08. The van der Waals surface area contributed by atoms with E-state index in [1.807, 2.05) is 0 Å². The van der Waals surface area contributed by atoms with Gasteiger partial charge in [-0.1, -0.05) is 12.2 Å². The van der Waals surface area contributed by atoms with Gasteiger partial charge in [-0.05, 0) is 37.3 Å². The van der Waals surface area contributed by atoms with Crippen molar-refractivity contribution in [1.29, 1.82) is 5.26 Å². The molecule has 1 N–H and O–H groups in total. The maximum absolute atomic E-state index is 8.47. The Hall–Kier alpha value is -0.790. The van der Waals surface area contributed by atoms with Gasteiger partial charge in [-0.3, -0.25) is 0 Å². The lowest BCUT2D eigenvalue weighted by atomic mass is 9.98. The normalized spacial score (nSPS) is 14.2. The van der Waals surface area contributed by atoms with Crippen molar-refractivity contribution in [2.75, 3.05) is 5.75 Å². The number of aryl methyl sites for hydroxylation is 2. The van der Waals surface area contributed by atoms with Gasteiger partial charge in [0.1, 0.15) is 0 Å². The number of aromatic nitrogens is 1. The minimum absolute atomic E-state index is 0.561. The van der Waals surface area contributed by atoms with Gasteiger partial charge in [0.05, 0.1) is 16.0 Å². The lowest BCUT2D eigenvalue weighted by molar-refractivity contribution is 0.677. The first-order valence-electron chi connectivity index (χ1n) is 5.56. The van der Waals surface area contributed by atoms with Gasteiger partial charge in [0.2, 0.25) is 0 Å². The van der Waals surface area contributed by atoms with E-state index in [1.165, 1.54) is 30.5 Å². The molecule has 0 unspecified atom stereocenters. The number of H-pyrrole nitrogens is 1. The van der Waals surface area contributed by atoms with E-state index in [1.54, 1.807) is 11.8 Å². The van der Waals surface area contributed by atoms with E-state index < -0.39 is 0 Å². The first-order chi connectivity index (χ1) is 7.81. The molecule has 1 heterocycles. The molecule has 0 aromatic carbocycles. The van der Waals surface area contributed by atoms with Crippen LogP contribution in [0.1, 0.15) is 36.2 Å². The molecule has 1 aliphatic rings. The van der Waals surface area contributed by atoms with Gasteiger partial charge in [-0.25, -0.2) is 0 Å². The summed E-state index contributed by atoms with van der Waals surface area (Å²) in [5.41, 5.74) is 3.87. The molecule has 0 fully saturated rings. The van der Waals surface area contributed by atoms with Gasteiger partial charge < -0.3 is 4.98 Å². The zero-order chi connectivity index (χ0) is 11.4. The summed E-state index contributed by atoms with van der Waals surface area (Å²) in [7, 11) is 0. The van der Waals surface area contributed by atoms with Gasteiger partial charge in [0.25, 0.3) is 0 Å². The molecule has 0 saturated heterocycles. The molecule has 0 amide bonds. The second-order valence-electron chi connectivity index (χ2n) is 3.94. The van der Waals surface area contributed by atoms with Crippen LogP contribution in [-0.2, 0) is 12.8 Å². The highest BCUT2D eigenvalue weighted by Crippen LogP contribution is 2.24. The fourth-order valence-corrected chi connectivity index (χ4v) is 2.98. The third kappa shape index (κ3) is 2.66. The maximum Gasteiger partial charge on any atom is 0.0941 e. The lowest BCUT2D eigenvalue weighted by Gasteiger charge is -2.08. The third-order valence-corrected chi connectivity index (χ3v) is 4.25. The van der Waals surface area contributed by atoms with Crippen LogP contribution in [0.4, 0.5) is 0 Å². The van der Waals surface area contributed by atoms with E-state index in [-0.39, 0.29) is 0 Å². The zero-order valence-corrected chi connectivity index (χ0v) is 10.7. The third-order valence-electron chi connectivity index (χ3n) is 2.78. The smallest absolute Gasteiger partial charge is 0.0941 e. The number of thiocarbonyl (C=S) groups is 1. The number of hydrogen-bond donors (Lipinski definition) is 1. The maximum atomic E-state index is 8.47. The summed E-state index contributed by atoms with van der Waals surface area (Å²) in [6.07, 6.45) is 5.46. The molecule has 0 bridgehead atoms. The Labute approximate surface area is 105 Å². The SMILES string of the molecule is N#CCCSC(=S)c1cc2c([nH]1)CCCC2. The molecule has 0 radical (unpaired) electrons. The lowest BCUT2D eigenvalue weighted by Crippen LogP contribution is -1.99. The van der Waals surface area contributed by atoms with Gasteiger partial charge in [-0.15, -0.1) is 11.8 Å². The highest BCUT2D eigenvalue weighted by molar-refractivity contribution is 8.23. The highest BCUT2D eigenvalue weighted by atomic mass is 32.2. The largest absolute Gasteiger partial charge is 0.357 e. The number of rotatable bonds is 3. The molecule has 0 saturated carbocycles. The van der Waals surface area contributed by atoms with E-state index >= 15 is 0 Å². The summed E-state index contributed by atoms with van der Waals surface area (Å²) >= 11 is 6.94. The second kappa shape index (κ2) is 5.51.